The summed E-state index contributed by atoms with van der Waals surface area (Å²) in [5.41, 5.74) is 16.8. The van der Waals surface area contributed by atoms with Crippen molar-refractivity contribution in [1.82, 2.24) is 47.9 Å². The maximum atomic E-state index is 13.7. The normalized spacial score (nSPS) is 16.1. The second-order valence-electron chi connectivity index (χ2n) is 17.1. The first-order valence-corrected chi connectivity index (χ1v) is 23.3. The van der Waals surface area contributed by atoms with E-state index in [1.165, 1.54) is 0 Å². The van der Waals surface area contributed by atoms with Crippen LogP contribution < -0.4 is 65.1 Å². The van der Waals surface area contributed by atoms with Crippen LogP contribution >= 0.6 is 12.6 Å². The van der Waals surface area contributed by atoms with Gasteiger partial charge < -0.3 is 95.7 Å². The molecule has 0 aliphatic carbocycles. The summed E-state index contributed by atoms with van der Waals surface area (Å²) in [6.07, 6.45) is -6.94. The molecule has 0 unspecified atom stereocenters. The first-order chi connectivity index (χ1) is 33.5. The van der Waals surface area contributed by atoms with Crippen molar-refractivity contribution in [3.05, 3.63) is 0 Å². The second kappa shape index (κ2) is 33.4. The molecule has 0 aromatic rings. The van der Waals surface area contributed by atoms with Gasteiger partial charge in [0.15, 0.2) is 0 Å². The third kappa shape index (κ3) is 24.7. The highest BCUT2D eigenvalue weighted by Gasteiger charge is 2.38. The lowest BCUT2D eigenvalue weighted by Crippen LogP contribution is -2.64. The zero-order valence-electron chi connectivity index (χ0n) is 40.5. The molecular formula is C41H72N12O18S. The Balaban J connectivity index is 6.41. The smallest absolute Gasteiger partial charge is 0.328 e. The topological polar surface area (TPSA) is 513 Å². The number of aliphatic hydroxyl groups is 4. The third-order valence-electron chi connectivity index (χ3n) is 10.2. The number of rotatable bonds is 35. The molecule has 0 bridgehead atoms. The Morgan fingerprint density at radius 1 is 0.542 bits per heavy atom. The van der Waals surface area contributed by atoms with Crippen LogP contribution in [0.5, 0.6) is 0 Å². The van der Waals surface area contributed by atoms with Crippen molar-refractivity contribution < 1.29 is 88.2 Å². The largest absolute Gasteiger partial charge is 0.481 e. The number of hydrogen-bond acceptors (Lipinski definition) is 19. The number of nitrogens with one attached hydrogen (secondary N) is 9. The van der Waals surface area contributed by atoms with E-state index in [1.807, 2.05) is 19.2 Å². The number of aliphatic carboxylic acids is 2. The molecule has 0 saturated carbocycles. The SMILES string of the molecule is CC(C)C[C@H](N)C(=O)N[C@@H](CS)C(=O)N[C@H](C(=O)N[C@H](C(=O)N[C@@H](CC(N)=O)C(=O)N[C@H](C(=O)N[C@@H](CCCCN)C(=O)N[C@@H](CCC(=O)O)C(=O)NCC(=O)N[C@@H](CO)C(=O)O)[C@@H](C)O)[C@@H](C)O)[C@@H](C)O. The highest BCUT2D eigenvalue weighted by atomic mass is 32.1. The van der Waals surface area contributed by atoms with Gasteiger partial charge >= 0.3 is 11.9 Å². The van der Waals surface area contributed by atoms with Crippen LogP contribution in [0.25, 0.3) is 0 Å². The monoisotopic (exact) mass is 1050 g/mol. The molecule has 0 heterocycles. The molecule has 0 fully saturated rings. The molecule has 410 valence electrons. The summed E-state index contributed by atoms with van der Waals surface area (Å²) in [6.45, 7) is 5.05. The average Bonchev–Trinajstić information content (AvgIpc) is 3.28. The van der Waals surface area contributed by atoms with Crippen LogP contribution in [-0.2, 0) is 57.5 Å². The highest BCUT2D eigenvalue weighted by molar-refractivity contribution is 7.80. The number of primary amides is 1. The summed E-state index contributed by atoms with van der Waals surface area (Å²) in [5, 5.41) is 78.6. The number of carbonyl (C=O) groups is 12. The summed E-state index contributed by atoms with van der Waals surface area (Å²) in [4.78, 5) is 154. The van der Waals surface area contributed by atoms with Gasteiger partial charge in [-0.05, 0) is 65.3 Å². The zero-order valence-corrected chi connectivity index (χ0v) is 41.4. The van der Waals surface area contributed by atoms with E-state index in [2.05, 4.69) is 55.2 Å². The van der Waals surface area contributed by atoms with Crippen molar-refractivity contribution in [2.24, 2.45) is 23.1 Å². The van der Waals surface area contributed by atoms with Gasteiger partial charge in [-0.2, -0.15) is 12.6 Å². The van der Waals surface area contributed by atoms with E-state index in [-0.39, 0.29) is 37.5 Å². The van der Waals surface area contributed by atoms with Crippen molar-refractivity contribution in [3.63, 3.8) is 0 Å². The predicted molar refractivity (Wildman–Crippen MR) is 253 cm³/mol. The van der Waals surface area contributed by atoms with Crippen molar-refractivity contribution in [2.45, 2.75) is 152 Å². The van der Waals surface area contributed by atoms with Crippen LogP contribution in [-0.4, -0.2) is 200 Å². The van der Waals surface area contributed by atoms with Gasteiger partial charge in [-0.15, -0.1) is 0 Å². The Morgan fingerprint density at radius 3 is 1.40 bits per heavy atom. The number of carboxylic acid groups (broad SMARTS) is 2. The molecule has 0 aliphatic heterocycles. The molecule has 0 rings (SSSR count). The minimum Gasteiger partial charge on any atom is -0.481 e. The first kappa shape index (κ1) is 65.8. The minimum absolute atomic E-state index is 0.0318. The van der Waals surface area contributed by atoms with Crippen molar-refractivity contribution in [1.29, 1.82) is 0 Å². The van der Waals surface area contributed by atoms with Crippen LogP contribution in [0, 0.1) is 5.92 Å². The molecule has 72 heavy (non-hydrogen) atoms. The zero-order chi connectivity index (χ0) is 55.6. The Labute approximate surface area is 419 Å². The lowest BCUT2D eigenvalue weighted by atomic mass is 10.0. The summed E-state index contributed by atoms with van der Waals surface area (Å²) in [7, 11) is 0. The summed E-state index contributed by atoms with van der Waals surface area (Å²) in [6, 6.07) is -15.1. The van der Waals surface area contributed by atoms with Gasteiger partial charge in [0.05, 0.1) is 43.9 Å². The average molecular weight is 1050 g/mol. The van der Waals surface area contributed by atoms with Crippen LogP contribution in [0.15, 0.2) is 0 Å². The van der Waals surface area contributed by atoms with E-state index >= 15 is 0 Å². The Bertz CT molecular complexity index is 1890. The number of hydrogen-bond donors (Lipinski definition) is 19. The number of nitrogens with two attached hydrogens (primary N) is 3. The third-order valence-corrected chi connectivity index (χ3v) is 10.6. The number of unbranched alkanes of at least 4 members (excludes halogenated alkanes) is 1. The van der Waals surface area contributed by atoms with Crippen molar-refractivity contribution in [2.75, 3.05) is 25.4 Å². The first-order valence-electron chi connectivity index (χ1n) is 22.7. The molecule has 0 radical (unpaired) electrons. The molecule has 30 nitrogen and oxygen atoms in total. The molecule has 0 aliphatic rings. The highest BCUT2D eigenvalue weighted by Crippen LogP contribution is 2.09. The quantitative estimate of drug-likeness (QED) is 0.0207. The number of aliphatic hydroxyl groups excluding tert-OH is 4. The fourth-order valence-electron chi connectivity index (χ4n) is 6.28. The summed E-state index contributed by atoms with van der Waals surface area (Å²) >= 11 is 4.07. The fraction of sp³-hybridized carbons (Fsp3) is 0.707. The van der Waals surface area contributed by atoms with Crippen molar-refractivity contribution >= 4 is 83.6 Å². The maximum absolute atomic E-state index is 13.7. The number of thiol groups is 1. The minimum atomic E-state index is -1.99. The molecule has 0 spiro atoms. The predicted octanol–water partition coefficient (Wildman–Crippen LogP) is -8.63. The van der Waals surface area contributed by atoms with E-state index < -0.39 is 176 Å². The molecule has 21 N–H and O–H groups in total. The van der Waals surface area contributed by atoms with Crippen LogP contribution in [0.3, 0.4) is 0 Å². The van der Waals surface area contributed by atoms with E-state index in [4.69, 9.17) is 27.4 Å². The van der Waals surface area contributed by atoms with E-state index in [9.17, 15) is 78.0 Å². The molecule has 12 atom stereocenters. The van der Waals surface area contributed by atoms with E-state index in [1.54, 1.807) is 0 Å². The van der Waals surface area contributed by atoms with Gasteiger partial charge in [0.2, 0.25) is 59.1 Å². The van der Waals surface area contributed by atoms with E-state index in [0.29, 0.717) is 6.42 Å². The number of amides is 10. The second-order valence-corrected chi connectivity index (χ2v) is 17.5. The Kier molecular flexibility index (Phi) is 30.5. The molecule has 0 aromatic heterocycles. The standard InChI is InChI=1S/C41H72N12O18S/c1-17(2)12-21(43)33(62)50-26(16-72)37(66)52-32(20(5)57)40(69)53-31(19(4)56)39(68)49-24(13-27(44)58)36(65)51-30(18(3)55)38(67)48-22(8-6-7-11-42)35(64)47-23(9-10-29(60)61)34(63)45-14-28(59)46-25(15-54)41(70)71/h17-26,30-32,54-57,72H,6-16,42-43H2,1-5H3,(H2,44,58)(H,45,63)(H,46,59)(H,47,64)(H,48,67)(H,49,68)(H,50,62)(H,51,65)(H,52,66)(H,53,69)(H,60,61)(H,70,71)/t18-,19-,20-,21+,22+,23+,24+,25+,26+,30+,31+,32+/m1/s1. The fourth-order valence-corrected chi connectivity index (χ4v) is 6.54. The molecule has 10 amide bonds. The molecule has 31 heteroatoms. The summed E-state index contributed by atoms with van der Waals surface area (Å²) in [5.74, 6) is -14.6. The molecule has 0 saturated heterocycles. The Morgan fingerprint density at radius 2 is 0.972 bits per heavy atom. The van der Waals surface area contributed by atoms with Gasteiger partial charge in [-0.25, -0.2) is 4.79 Å². The molecule has 0 aromatic carbocycles. The maximum Gasteiger partial charge on any atom is 0.328 e. The lowest BCUT2D eigenvalue weighted by molar-refractivity contribution is -0.143. The van der Waals surface area contributed by atoms with Gasteiger partial charge in [0.25, 0.3) is 0 Å². The van der Waals surface area contributed by atoms with Crippen LogP contribution in [0.2, 0.25) is 0 Å². The van der Waals surface area contributed by atoms with Crippen LogP contribution in [0.4, 0.5) is 0 Å². The van der Waals surface area contributed by atoms with Crippen molar-refractivity contribution in [3.8, 4) is 0 Å². The van der Waals surface area contributed by atoms with E-state index in [0.717, 1.165) is 20.8 Å². The molecular weight excluding hydrogens is 981 g/mol. The van der Waals surface area contributed by atoms with Gasteiger partial charge in [0, 0.05) is 12.2 Å². The van der Waals surface area contributed by atoms with Gasteiger partial charge in [-0.3, -0.25) is 52.7 Å². The number of carboxylic acids is 2. The Hall–Kier alpha value is -6.25. The lowest BCUT2D eigenvalue weighted by Gasteiger charge is -2.29. The van der Waals surface area contributed by atoms with Crippen LogP contribution in [0.1, 0.15) is 79.6 Å². The number of carbonyl (C=O) groups excluding carboxylic acids is 10. The van der Waals surface area contributed by atoms with Gasteiger partial charge in [0.1, 0.15) is 48.3 Å². The van der Waals surface area contributed by atoms with Gasteiger partial charge in [-0.1, -0.05) is 13.8 Å². The summed E-state index contributed by atoms with van der Waals surface area (Å²) < 4.78 is 0.